The number of sulfone groups is 1. The maximum atomic E-state index is 13.8. The van der Waals surface area contributed by atoms with Crippen LogP contribution in [0.4, 0.5) is 0 Å². The Hall–Kier alpha value is -1.27. The quantitative estimate of drug-likeness (QED) is 0.178. The van der Waals surface area contributed by atoms with E-state index in [1.165, 1.54) is 12.8 Å². The Morgan fingerprint density at radius 3 is 2.02 bits per heavy atom. The van der Waals surface area contributed by atoms with Gasteiger partial charge in [0.05, 0.1) is 37.0 Å². The third-order valence-electron chi connectivity index (χ3n) is 10.1. The molecule has 5 atom stereocenters. The number of aliphatic hydroxyl groups is 2. The van der Waals surface area contributed by atoms with Crippen molar-refractivity contribution in [3.8, 4) is 0 Å². The van der Waals surface area contributed by atoms with Crippen LogP contribution >= 0.6 is 0 Å². The van der Waals surface area contributed by atoms with E-state index in [4.69, 9.17) is 4.74 Å². The zero-order valence-corrected chi connectivity index (χ0v) is 28.2. The number of carbonyl (C=O) groups is 2. The van der Waals surface area contributed by atoms with Crippen LogP contribution in [0.3, 0.4) is 0 Å². The summed E-state index contributed by atoms with van der Waals surface area (Å²) in [6.45, 7) is 6.47. The fourth-order valence-electron chi connectivity index (χ4n) is 7.24. The van der Waals surface area contributed by atoms with E-state index in [9.17, 15) is 28.2 Å². The minimum Gasteiger partial charge on any atom is -0.389 e. The van der Waals surface area contributed by atoms with Crippen molar-refractivity contribution in [3.63, 3.8) is 0 Å². The van der Waals surface area contributed by atoms with Crippen molar-refractivity contribution >= 4 is 21.7 Å². The summed E-state index contributed by atoms with van der Waals surface area (Å²) in [5.74, 6) is -1.00. The lowest BCUT2D eigenvalue weighted by atomic mass is 9.82. The standard InChI is InChI=1S/C33H61N3O7S/c1-3-5-16-28(34-32(39)27(24-44(41,42)4-2)21-25-12-8-6-9-13-25)33(40)35-29(22-26-14-10-7-11-15-26)31(38)30(37)23-36-17-19-43-20-18-36/h25-31,37-38H,3-24H2,1-2H3,(H,34,39)(H,35,40)/t27-,28-,29-,30-,31+/m0/s1. The van der Waals surface area contributed by atoms with Crippen LogP contribution in [0, 0.1) is 17.8 Å². The lowest BCUT2D eigenvalue weighted by Crippen LogP contribution is -2.57. The van der Waals surface area contributed by atoms with E-state index in [1.807, 2.05) is 6.92 Å². The van der Waals surface area contributed by atoms with Gasteiger partial charge in [0.25, 0.3) is 0 Å². The Balaban J connectivity index is 1.73. The Labute approximate surface area is 266 Å². The number of rotatable bonds is 18. The molecule has 0 aromatic carbocycles. The average molecular weight is 644 g/mol. The van der Waals surface area contributed by atoms with Gasteiger partial charge in [-0.2, -0.15) is 0 Å². The van der Waals surface area contributed by atoms with Crippen LogP contribution in [0.15, 0.2) is 0 Å². The number of hydrogen-bond acceptors (Lipinski definition) is 8. The molecule has 1 aliphatic heterocycles. The molecule has 1 heterocycles. The van der Waals surface area contributed by atoms with Gasteiger partial charge >= 0.3 is 0 Å². The van der Waals surface area contributed by atoms with Crippen LogP contribution in [-0.4, -0.2) is 104 Å². The summed E-state index contributed by atoms with van der Waals surface area (Å²) >= 11 is 0. The Morgan fingerprint density at radius 1 is 0.864 bits per heavy atom. The minimum atomic E-state index is -3.39. The number of β-amino-alcohol motifs (C(OH)–C–C–N with tert-alkyl or cyclic N) is 1. The van der Waals surface area contributed by atoms with Crippen molar-refractivity contribution in [2.24, 2.45) is 17.8 Å². The Bertz CT molecular complexity index is 947. The van der Waals surface area contributed by atoms with E-state index >= 15 is 0 Å². The predicted octanol–water partition coefficient (Wildman–Crippen LogP) is 3.19. The molecule has 11 heteroatoms. The van der Waals surface area contributed by atoms with Gasteiger partial charge in [-0.15, -0.1) is 0 Å². The van der Waals surface area contributed by atoms with Gasteiger partial charge in [-0.25, -0.2) is 8.42 Å². The van der Waals surface area contributed by atoms with Crippen molar-refractivity contribution in [1.82, 2.24) is 15.5 Å². The van der Waals surface area contributed by atoms with Crippen LogP contribution < -0.4 is 10.6 Å². The molecule has 0 bridgehead atoms. The number of nitrogens with zero attached hydrogens (tertiary/aromatic N) is 1. The number of unbranched alkanes of at least 4 members (excludes halogenated alkanes) is 1. The highest BCUT2D eigenvalue weighted by Gasteiger charge is 2.35. The number of morpholine rings is 1. The zero-order chi connectivity index (χ0) is 32.0. The summed E-state index contributed by atoms with van der Waals surface area (Å²) in [4.78, 5) is 29.6. The molecule has 4 N–H and O–H groups in total. The first-order valence-corrected chi connectivity index (χ1v) is 19.4. The van der Waals surface area contributed by atoms with Gasteiger partial charge in [0.15, 0.2) is 9.84 Å². The average Bonchev–Trinajstić information content (AvgIpc) is 3.03. The number of nitrogens with one attached hydrogen (secondary N) is 2. The van der Waals surface area contributed by atoms with E-state index < -0.39 is 40.0 Å². The molecule has 1 saturated heterocycles. The molecule has 2 saturated carbocycles. The monoisotopic (exact) mass is 643 g/mol. The van der Waals surface area contributed by atoms with E-state index in [0.29, 0.717) is 70.4 Å². The highest BCUT2D eigenvalue weighted by Crippen LogP contribution is 2.31. The second-order valence-corrected chi connectivity index (χ2v) is 16.1. The Kier molecular flexibility index (Phi) is 16.4. The summed E-state index contributed by atoms with van der Waals surface area (Å²) in [6.07, 6.45) is 11.8. The first-order valence-electron chi connectivity index (χ1n) is 17.6. The number of hydrogen-bond donors (Lipinski definition) is 4. The third kappa shape index (κ3) is 12.9. The van der Waals surface area contributed by atoms with E-state index in [2.05, 4.69) is 15.5 Å². The summed E-state index contributed by atoms with van der Waals surface area (Å²) in [6, 6.07) is -1.49. The molecule has 10 nitrogen and oxygen atoms in total. The van der Waals surface area contributed by atoms with Crippen LogP contribution in [0.5, 0.6) is 0 Å². The van der Waals surface area contributed by atoms with E-state index in [-0.39, 0.29) is 23.3 Å². The van der Waals surface area contributed by atoms with Gasteiger partial charge in [0.2, 0.25) is 11.8 Å². The van der Waals surface area contributed by atoms with Gasteiger partial charge in [0, 0.05) is 25.4 Å². The van der Waals surface area contributed by atoms with Gasteiger partial charge in [-0.1, -0.05) is 90.9 Å². The fraction of sp³-hybridized carbons (Fsp3) is 0.939. The molecule has 2 amide bonds. The molecular weight excluding hydrogens is 582 g/mol. The van der Waals surface area contributed by atoms with Gasteiger partial charge in [-0.3, -0.25) is 14.5 Å². The second-order valence-electron chi connectivity index (χ2n) is 13.7. The van der Waals surface area contributed by atoms with Crippen LogP contribution in [-0.2, 0) is 24.2 Å². The van der Waals surface area contributed by atoms with Gasteiger partial charge < -0.3 is 25.6 Å². The maximum absolute atomic E-state index is 13.8. The molecule has 0 unspecified atom stereocenters. The third-order valence-corrected chi connectivity index (χ3v) is 11.9. The molecule has 256 valence electrons. The minimum absolute atomic E-state index is 0.0191. The van der Waals surface area contributed by atoms with Crippen molar-refractivity contribution in [2.45, 2.75) is 134 Å². The largest absolute Gasteiger partial charge is 0.389 e. The molecule has 0 aromatic rings. The lowest BCUT2D eigenvalue weighted by molar-refractivity contribution is -0.132. The number of aliphatic hydroxyl groups excluding tert-OH is 2. The van der Waals surface area contributed by atoms with Crippen LogP contribution in [0.25, 0.3) is 0 Å². The molecule has 3 aliphatic rings. The first-order chi connectivity index (χ1) is 21.1. The molecule has 2 aliphatic carbocycles. The zero-order valence-electron chi connectivity index (χ0n) is 27.4. The highest BCUT2D eigenvalue weighted by molar-refractivity contribution is 7.91. The number of carbonyl (C=O) groups excluding carboxylic acids is 2. The molecule has 3 fully saturated rings. The van der Waals surface area contributed by atoms with Gasteiger partial charge in [-0.05, 0) is 31.1 Å². The maximum Gasteiger partial charge on any atom is 0.242 e. The summed E-state index contributed by atoms with van der Waals surface area (Å²) in [5, 5.41) is 28.4. The second kappa shape index (κ2) is 19.4. The van der Waals surface area contributed by atoms with E-state index in [0.717, 1.165) is 57.8 Å². The van der Waals surface area contributed by atoms with Crippen molar-refractivity contribution in [3.05, 3.63) is 0 Å². The molecule has 0 spiro atoms. The number of ether oxygens (including phenoxy) is 1. The highest BCUT2D eigenvalue weighted by atomic mass is 32.2. The summed E-state index contributed by atoms with van der Waals surface area (Å²) in [5.41, 5.74) is 0. The lowest BCUT2D eigenvalue weighted by Gasteiger charge is -2.35. The molecule has 3 rings (SSSR count). The van der Waals surface area contributed by atoms with Crippen LogP contribution in [0.2, 0.25) is 0 Å². The van der Waals surface area contributed by atoms with Crippen molar-refractivity contribution in [2.75, 3.05) is 44.4 Å². The fourth-order valence-corrected chi connectivity index (χ4v) is 8.38. The van der Waals surface area contributed by atoms with Crippen molar-refractivity contribution in [1.29, 1.82) is 0 Å². The van der Waals surface area contributed by atoms with E-state index in [1.54, 1.807) is 6.92 Å². The Morgan fingerprint density at radius 2 is 1.45 bits per heavy atom. The summed E-state index contributed by atoms with van der Waals surface area (Å²) < 4.78 is 30.7. The molecule has 0 radical (unpaired) electrons. The topological polar surface area (TPSA) is 145 Å². The normalized spacial score (nSPS) is 22.9. The predicted molar refractivity (Wildman–Crippen MR) is 173 cm³/mol. The molecule has 44 heavy (non-hydrogen) atoms. The molecule has 0 aromatic heterocycles. The molecular formula is C33H61N3O7S. The number of amides is 2. The summed E-state index contributed by atoms with van der Waals surface area (Å²) in [7, 11) is -3.39. The van der Waals surface area contributed by atoms with Crippen molar-refractivity contribution < 1.29 is 33.0 Å². The SMILES string of the molecule is CCCC[C@H](NC(=O)[C@@H](CC1CCCCC1)CS(=O)(=O)CC)C(=O)N[C@@H](CC1CCCCC1)[C@@H](O)[C@@H](O)CN1CCOCC1. The smallest absolute Gasteiger partial charge is 0.242 e. The van der Waals surface area contributed by atoms with Crippen LogP contribution in [0.1, 0.15) is 110 Å². The van der Waals surface area contributed by atoms with Gasteiger partial charge in [0.1, 0.15) is 12.1 Å². The first kappa shape index (κ1) is 37.2.